The van der Waals surface area contributed by atoms with E-state index in [9.17, 15) is 20.4 Å². The van der Waals surface area contributed by atoms with Crippen LogP contribution >= 0.6 is 0 Å². The number of hydrogen-bond donors (Lipinski definition) is 4. The van der Waals surface area contributed by atoms with Gasteiger partial charge in [-0.15, -0.1) is 0 Å². The molecule has 0 aromatic heterocycles. The van der Waals surface area contributed by atoms with Gasteiger partial charge in [0.2, 0.25) is 0 Å². The maximum absolute atomic E-state index is 9.97. The number of aliphatic hydroxyl groups excluding tert-OH is 4. The fourth-order valence-electron chi connectivity index (χ4n) is 3.83. The van der Waals surface area contributed by atoms with Gasteiger partial charge in [0.25, 0.3) is 0 Å². The molecule has 1 rings (SSSR count). The summed E-state index contributed by atoms with van der Waals surface area (Å²) in [6, 6.07) is 0. The molecule has 1 aliphatic heterocycles. The molecule has 0 amide bonds. The molecule has 1 saturated heterocycles. The third-order valence-electron chi connectivity index (χ3n) is 5.74. The molecule has 0 aliphatic carbocycles. The summed E-state index contributed by atoms with van der Waals surface area (Å²) < 4.78 is 17.5. The van der Waals surface area contributed by atoms with E-state index in [0.29, 0.717) is 6.61 Å². The summed E-state index contributed by atoms with van der Waals surface area (Å²) in [5.41, 5.74) is 0. The van der Waals surface area contributed by atoms with E-state index in [4.69, 9.17) is 9.47 Å². The summed E-state index contributed by atoms with van der Waals surface area (Å²) in [6.45, 7) is 7.28. The van der Waals surface area contributed by atoms with Crippen LogP contribution in [-0.4, -0.2) is 82.7 Å². The van der Waals surface area contributed by atoms with Gasteiger partial charge in [0.1, 0.15) is 0 Å². The molecule has 0 aromatic carbocycles. The van der Waals surface area contributed by atoms with Crippen LogP contribution in [0.1, 0.15) is 59.3 Å². The van der Waals surface area contributed by atoms with Gasteiger partial charge in [0.05, 0.1) is 0 Å². The van der Waals surface area contributed by atoms with Crippen LogP contribution in [0.5, 0.6) is 0 Å². The van der Waals surface area contributed by atoms with Gasteiger partial charge in [0, 0.05) is 0 Å². The summed E-state index contributed by atoms with van der Waals surface area (Å²) in [5, 5.41) is 38.8. The molecule has 4 N–H and O–H groups in total. The Bertz CT molecular complexity index is 411. The topological polar surface area (TPSA) is 99.4 Å². The molecule has 1 fully saturated rings. The van der Waals surface area contributed by atoms with Crippen LogP contribution in [-0.2, 0) is 9.47 Å². The number of unbranched alkanes of at least 4 members (excludes halogenated alkanes) is 3. The Balaban J connectivity index is 2.58. The van der Waals surface area contributed by atoms with Gasteiger partial charge in [0.15, 0.2) is 0 Å². The molecule has 7 heteroatoms. The molecule has 1 heterocycles. The van der Waals surface area contributed by atoms with E-state index in [1.54, 1.807) is 0 Å². The Kier molecular flexibility index (Phi) is 13.5. The Morgan fingerprint density at radius 1 is 0.821 bits per heavy atom. The van der Waals surface area contributed by atoms with Crippen molar-refractivity contribution in [2.24, 2.45) is 0 Å². The van der Waals surface area contributed by atoms with Crippen LogP contribution in [0.4, 0.5) is 0 Å². The van der Waals surface area contributed by atoms with E-state index in [-0.39, 0.29) is 6.61 Å². The van der Waals surface area contributed by atoms with Gasteiger partial charge in [-0.3, -0.25) is 0 Å². The van der Waals surface area contributed by atoms with Gasteiger partial charge in [-0.1, -0.05) is 0 Å². The van der Waals surface area contributed by atoms with Crippen LogP contribution in [0.2, 0.25) is 13.3 Å². The molecular formula is C21H42O6Sn. The molecule has 0 aromatic rings. The monoisotopic (exact) mass is 510 g/mol. The quantitative estimate of drug-likeness (QED) is 0.213. The summed E-state index contributed by atoms with van der Waals surface area (Å²) >= 11 is -2.30. The van der Waals surface area contributed by atoms with Crippen LogP contribution in [0.25, 0.3) is 0 Å². The van der Waals surface area contributed by atoms with Gasteiger partial charge < -0.3 is 0 Å². The van der Waals surface area contributed by atoms with Crippen LogP contribution < -0.4 is 0 Å². The van der Waals surface area contributed by atoms with Crippen molar-refractivity contribution in [3.63, 3.8) is 0 Å². The molecular weight excluding hydrogens is 467 g/mol. The zero-order valence-electron chi connectivity index (χ0n) is 17.9. The molecule has 0 spiro atoms. The second-order valence-electron chi connectivity index (χ2n) is 8.15. The van der Waals surface area contributed by atoms with Crippen molar-refractivity contribution in [3.05, 3.63) is 10.2 Å². The minimum absolute atomic E-state index is 0.0632. The van der Waals surface area contributed by atoms with Gasteiger partial charge in [-0.25, -0.2) is 0 Å². The van der Waals surface area contributed by atoms with Crippen molar-refractivity contribution in [2.75, 3.05) is 13.2 Å². The first-order chi connectivity index (χ1) is 13.4. The summed E-state index contributed by atoms with van der Waals surface area (Å²) in [4.78, 5) is 0. The Labute approximate surface area is 174 Å². The van der Waals surface area contributed by atoms with E-state index in [1.807, 2.05) is 0 Å². The standard InChI is InChI=1S/C9H15O6.3C4H9.Sn/c1-2-3-14-4-5-6(10)7(11)8(12)9(13)15-5;3*1-3-4-2;/h1-2,5-13H,3-4H2;3*1,3-4H2,2H3;/t5-,6+,7+,8-,9+;;;;/m1..../s1. The third-order valence-corrected chi connectivity index (χ3v) is 20.0. The summed E-state index contributed by atoms with van der Waals surface area (Å²) in [7, 11) is 0. The SMILES string of the molecule is CCC[CH2][Sn](/[CH]=C/COC[C@H]1O[C@H](O)[C@H](O)[C@@H](O)[C@H]1O)([CH2]CCC)[CH2]CCC. The first-order valence-electron chi connectivity index (χ1n) is 11.0. The van der Waals surface area contributed by atoms with Crippen LogP contribution in [0.3, 0.4) is 0 Å². The van der Waals surface area contributed by atoms with Crippen LogP contribution in [0, 0.1) is 0 Å². The second kappa shape index (κ2) is 14.3. The van der Waals surface area contributed by atoms with E-state index in [2.05, 4.69) is 30.9 Å². The van der Waals surface area contributed by atoms with Crippen molar-refractivity contribution >= 4 is 18.4 Å². The zero-order valence-corrected chi connectivity index (χ0v) is 20.8. The third kappa shape index (κ3) is 8.58. The molecule has 0 bridgehead atoms. The number of rotatable bonds is 14. The fourth-order valence-corrected chi connectivity index (χ4v) is 18.2. The van der Waals surface area contributed by atoms with Crippen molar-refractivity contribution < 1.29 is 29.9 Å². The van der Waals surface area contributed by atoms with Gasteiger partial charge in [-0.2, -0.15) is 0 Å². The molecule has 28 heavy (non-hydrogen) atoms. The number of hydrogen-bond acceptors (Lipinski definition) is 6. The minimum atomic E-state index is -2.30. The summed E-state index contributed by atoms with van der Waals surface area (Å²) in [5.74, 6) is 0. The Morgan fingerprint density at radius 3 is 1.86 bits per heavy atom. The number of ether oxygens (including phenoxy) is 2. The number of aliphatic hydroxyl groups is 4. The van der Waals surface area contributed by atoms with Crippen molar-refractivity contribution in [3.8, 4) is 0 Å². The molecule has 0 saturated carbocycles. The average Bonchev–Trinajstić information content (AvgIpc) is 2.70. The van der Waals surface area contributed by atoms with E-state index in [0.717, 1.165) is 0 Å². The van der Waals surface area contributed by atoms with Gasteiger partial charge >= 0.3 is 175 Å². The Morgan fingerprint density at radius 2 is 1.36 bits per heavy atom. The van der Waals surface area contributed by atoms with E-state index < -0.39 is 49.1 Å². The fraction of sp³-hybridized carbons (Fsp3) is 0.905. The van der Waals surface area contributed by atoms with E-state index in [1.165, 1.54) is 51.8 Å². The molecule has 5 atom stereocenters. The predicted molar refractivity (Wildman–Crippen MR) is 114 cm³/mol. The van der Waals surface area contributed by atoms with Gasteiger partial charge in [-0.05, 0) is 0 Å². The second-order valence-corrected chi connectivity index (χ2v) is 21.2. The van der Waals surface area contributed by atoms with Crippen molar-refractivity contribution in [1.29, 1.82) is 0 Å². The normalized spacial score (nSPS) is 28.9. The van der Waals surface area contributed by atoms with Crippen molar-refractivity contribution in [1.82, 2.24) is 0 Å². The Hall–Kier alpha value is 0.299. The molecule has 1 aliphatic rings. The molecule has 166 valence electrons. The molecule has 0 unspecified atom stereocenters. The molecule has 0 radical (unpaired) electrons. The van der Waals surface area contributed by atoms with Crippen molar-refractivity contribution in [2.45, 2.75) is 103 Å². The predicted octanol–water partition coefficient (Wildman–Crippen LogP) is 2.75. The maximum atomic E-state index is 9.97. The zero-order chi connectivity index (χ0) is 21.0. The molecule has 6 nitrogen and oxygen atoms in total. The first-order valence-corrected chi connectivity index (χ1v) is 18.7. The first kappa shape index (κ1) is 26.3. The van der Waals surface area contributed by atoms with Crippen LogP contribution in [0.15, 0.2) is 10.2 Å². The summed E-state index contributed by atoms with van der Waals surface area (Å²) in [6.07, 6.45) is 3.24. The average molecular weight is 509 g/mol. The van der Waals surface area contributed by atoms with E-state index >= 15 is 0 Å².